The average Bonchev–Trinajstić information content (AvgIpc) is 2.94. The molecule has 106 valence electrons. The molecule has 0 unspecified atom stereocenters. The Morgan fingerprint density at radius 1 is 1.00 bits per heavy atom. The van der Waals surface area contributed by atoms with Crippen molar-refractivity contribution in [1.29, 1.82) is 0 Å². The maximum atomic E-state index is 5.37. The van der Waals surface area contributed by atoms with Gasteiger partial charge in [-0.2, -0.15) is 0 Å². The van der Waals surface area contributed by atoms with Gasteiger partial charge in [-0.25, -0.2) is 9.97 Å². The van der Waals surface area contributed by atoms with E-state index < -0.39 is 0 Å². The molecule has 2 heterocycles. The normalized spacial score (nSPS) is 10.6. The molecule has 0 radical (unpaired) electrons. The Morgan fingerprint density at radius 3 is 2.38 bits per heavy atom. The van der Waals surface area contributed by atoms with Crippen LogP contribution in [-0.2, 0) is 0 Å². The van der Waals surface area contributed by atoms with Crippen LogP contribution in [0.4, 0.5) is 5.82 Å². The summed E-state index contributed by atoms with van der Waals surface area (Å²) in [4.78, 5) is 9.34. The quantitative estimate of drug-likeness (QED) is 0.785. The number of furan rings is 1. The fourth-order valence-corrected chi connectivity index (χ4v) is 2.37. The van der Waals surface area contributed by atoms with E-state index in [2.05, 4.69) is 22.4 Å². The van der Waals surface area contributed by atoms with Crippen molar-refractivity contribution in [3.05, 3.63) is 54.0 Å². The monoisotopic (exact) mass is 279 g/mol. The highest BCUT2D eigenvalue weighted by atomic mass is 16.3. The Kier molecular flexibility index (Phi) is 3.44. The highest BCUT2D eigenvalue weighted by molar-refractivity contribution is 5.72. The van der Waals surface area contributed by atoms with Gasteiger partial charge in [0.25, 0.3) is 0 Å². The molecule has 0 fully saturated rings. The molecule has 0 atom stereocenters. The lowest BCUT2D eigenvalue weighted by Gasteiger charge is -2.12. The first kappa shape index (κ1) is 13.4. The molecule has 0 amide bonds. The molecule has 2 aromatic heterocycles. The molecular formula is C17H17N3O. The van der Waals surface area contributed by atoms with Crippen LogP contribution < -0.4 is 5.32 Å². The summed E-state index contributed by atoms with van der Waals surface area (Å²) in [5, 5.41) is 3.15. The smallest absolute Gasteiger partial charge is 0.165 e. The SMILES string of the molecule is CNc1nc(-c2ccoc2C)nc(-c2ccccc2)c1C. The van der Waals surface area contributed by atoms with Gasteiger partial charge in [-0.3, -0.25) is 0 Å². The van der Waals surface area contributed by atoms with E-state index in [1.54, 1.807) is 6.26 Å². The minimum atomic E-state index is 0.676. The minimum Gasteiger partial charge on any atom is -0.469 e. The fraction of sp³-hybridized carbons (Fsp3) is 0.176. The van der Waals surface area contributed by atoms with Crippen molar-refractivity contribution in [3.8, 4) is 22.6 Å². The molecule has 0 aliphatic rings. The Bertz CT molecular complexity index is 763. The van der Waals surface area contributed by atoms with E-state index in [9.17, 15) is 0 Å². The van der Waals surface area contributed by atoms with E-state index in [-0.39, 0.29) is 0 Å². The first-order chi connectivity index (χ1) is 10.2. The van der Waals surface area contributed by atoms with Gasteiger partial charge in [0.05, 0.1) is 17.5 Å². The number of nitrogens with one attached hydrogen (secondary N) is 1. The number of rotatable bonds is 3. The van der Waals surface area contributed by atoms with Gasteiger partial charge in [0.2, 0.25) is 0 Å². The van der Waals surface area contributed by atoms with Crippen LogP contribution in [0, 0.1) is 13.8 Å². The first-order valence-corrected chi connectivity index (χ1v) is 6.87. The predicted octanol–water partition coefficient (Wildman–Crippen LogP) is 4.06. The number of aryl methyl sites for hydroxylation is 1. The van der Waals surface area contributed by atoms with E-state index >= 15 is 0 Å². The molecule has 4 nitrogen and oxygen atoms in total. The molecule has 0 saturated heterocycles. The molecule has 21 heavy (non-hydrogen) atoms. The molecule has 1 aromatic carbocycles. The maximum absolute atomic E-state index is 5.37. The lowest BCUT2D eigenvalue weighted by molar-refractivity contribution is 0.535. The lowest BCUT2D eigenvalue weighted by Crippen LogP contribution is -2.03. The van der Waals surface area contributed by atoms with E-state index in [1.165, 1.54) is 0 Å². The van der Waals surface area contributed by atoms with Crippen LogP contribution >= 0.6 is 0 Å². The number of hydrogen-bond donors (Lipinski definition) is 1. The second-order valence-corrected chi connectivity index (χ2v) is 4.88. The van der Waals surface area contributed by atoms with E-state index in [1.807, 2.05) is 45.2 Å². The van der Waals surface area contributed by atoms with Crippen molar-refractivity contribution in [2.75, 3.05) is 12.4 Å². The molecule has 0 aliphatic carbocycles. The Balaban J connectivity index is 2.23. The standard InChI is InChI=1S/C17H17N3O/c1-11-15(13-7-5-4-6-8-13)19-17(20-16(11)18-3)14-9-10-21-12(14)2/h4-10H,1-3H3,(H,18,19,20). The third-order valence-corrected chi connectivity index (χ3v) is 3.53. The van der Waals surface area contributed by atoms with Crippen molar-refractivity contribution in [1.82, 2.24) is 9.97 Å². The van der Waals surface area contributed by atoms with E-state index in [4.69, 9.17) is 9.40 Å². The topological polar surface area (TPSA) is 51.0 Å². The zero-order chi connectivity index (χ0) is 14.8. The van der Waals surface area contributed by atoms with Gasteiger partial charge in [0.15, 0.2) is 5.82 Å². The number of aromatic nitrogens is 2. The highest BCUT2D eigenvalue weighted by Gasteiger charge is 2.15. The fourth-order valence-electron chi connectivity index (χ4n) is 2.37. The summed E-state index contributed by atoms with van der Waals surface area (Å²) < 4.78 is 5.37. The van der Waals surface area contributed by atoms with Gasteiger partial charge < -0.3 is 9.73 Å². The molecule has 3 rings (SSSR count). The summed E-state index contributed by atoms with van der Waals surface area (Å²) in [5.74, 6) is 2.33. The molecule has 0 aliphatic heterocycles. The molecule has 4 heteroatoms. The van der Waals surface area contributed by atoms with Crippen LogP contribution in [0.2, 0.25) is 0 Å². The van der Waals surface area contributed by atoms with Gasteiger partial charge in [0.1, 0.15) is 11.6 Å². The van der Waals surface area contributed by atoms with Crippen molar-refractivity contribution < 1.29 is 4.42 Å². The van der Waals surface area contributed by atoms with Crippen molar-refractivity contribution in [2.24, 2.45) is 0 Å². The molecule has 1 N–H and O–H groups in total. The number of nitrogens with zero attached hydrogens (tertiary/aromatic N) is 2. The summed E-state index contributed by atoms with van der Waals surface area (Å²) in [6.45, 7) is 3.94. The van der Waals surface area contributed by atoms with E-state index in [0.29, 0.717) is 5.82 Å². The molecule has 0 bridgehead atoms. The Morgan fingerprint density at radius 2 is 1.76 bits per heavy atom. The third-order valence-electron chi connectivity index (χ3n) is 3.53. The van der Waals surface area contributed by atoms with Gasteiger partial charge >= 0.3 is 0 Å². The van der Waals surface area contributed by atoms with Crippen LogP contribution in [0.1, 0.15) is 11.3 Å². The molecule has 0 spiro atoms. The van der Waals surface area contributed by atoms with Crippen LogP contribution in [0.15, 0.2) is 47.1 Å². The van der Waals surface area contributed by atoms with Gasteiger partial charge in [-0.05, 0) is 19.9 Å². The number of benzene rings is 1. The second kappa shape index (κ2) is 5.40. The number of hydrogen-bond acceptors (Lipinski definition) is 4. The Labute approximate surface area is 123 Å². The van der Waals surface area contributed by atoms with Crippen molar-refractivity contribution in [3.63, 3.8) is 0 Å². The predicted molar refractivity (Wildman–Crippen MR) is 84.2 cm³/mol. The molecule has 3 aromatic rings. The maximum Gasteiger partial charge on any atom is 0.165 e. The summed E-state index contributed by atoms with van der Waals surface area (Å²) in [7, 11) is 1.87. The number of anilines is 1. The summed E-state index contributed by atoms with van der Waals surface area (Å²) in [6, 6.07) is 12.0. The van der Waals surface area contributed by atoms with Gasteiger partial charge in [0, 0.05) is 18.2 Å². The first-order valence-electron chi connectivity index (χ1n) is 6.87. The van der Waals surface area contributed by atoms with Crippen molar-refractivity contribution in [2.45, 2.75) is 13.8 Å². The van der Waals surface area contributed by atoms with Crippen LogP contribution in [-0.4, -0.2) is 17.0 Å². The minimum absolute atomic E-state index is 0.676. The zero-order valence-electron chi connectivity index (χ0n) is 12.3. The largest absolute Gasteiger partial charge is 0.469 e. The lowest BCUT2D eigenvalue weighted by atomic mass is 10.1. The van der Waals surface area contributed by atoms with Crippen LogP contribution in [0.3, 0.4) is 0 Å². The second-order valence-electron chi connectivity index (χ2n) is 4.88. The third kappa shape index (κ3) is 2.40. The summed E-state index contributed by atoms with van der Waals surface area (Å²) in [5.41, 5.74) is 3.97. The zero-order valence-corrected chi connectivity index (χ0v) is 12.3. The van der Waals surface area contributed by atoms with Gasteiger partial charge in [-0.15, -0.1) is 0 Å². The highest BCUT2D eigenvalue weighted by Crippen LogP contribution is 2.30. The Hall–Kier alpha value is -2.62. The van der Waals surface area contributed by atoms with E-state index in [0.717, 1.165) is 34.0 Å². The summed E-state index contributed by atoms with van der Waals surface area (Å²) in [6.07, 6.45) is 1.66. The van der Waals surface area contributed by atoms with Crippen molar-refractivity contribution >= 4 is 5.82 Å². The average molecular weight is 279 g/mol. The van der Waals surface area contributed by atoms with Crippen LogP contribution in [0.25, 0.3) is 22.6 Å². The molecular weight excluding hydrogens is 262 g/mol. The molecule has 0 saturated carbocycles. The summed E-state index contributed by atoms with van der Waals surface area (Å²) >= 11 is 0. The van der Waals surface area contributed by atoms with Gasteiger partial charge in [-0.1, -0.05) is 30.3 Å². The van der Waals surface area contributed by atoms with Crippen LogP contribution in [0.5, 0.6) is 0 Å².